The monoisotopic (exact) mass is 453 g/mol. The van der Waals surface area contributed by atoms with Crippen molar-refractivity contribution in [3.63, 3.8) is 0 Å². The Morgan fingerprint density at radius 3 is 2.50 bits per heavy atom. The van der Waals surface area contributed by atoms with Crippen LogP contribution in [0, 0.1) is 11.3 Å². The fourth-order valence-corrected chi connectivity index (χ4v) is 4.25. The van der Waals surface area contributed by atoms with Gasteiger partial charge < -0.3 is 15.0 Å². The molecule has 1 aliphatic heterocycles. The van der Waals surface area contributed by atoms with Crippen molar-refractivity contribution in [1.29, 1.82) is 5.26 Å². The lowest BCUT2D eigenvalue weighted by Gasteiger charge is -2.29. The average molecular weight is 454 g/mol. The Labute approximate surface area is 191 Å². The summed E-state index contributed by atoms with van der Waals surface area (Å²) in [4.78, 5) is 26.0. The fourth-order valence-electron chi connectivity index (χ4n) is 4.04. The number of nitriles is 1. The van der Waals surface area contributed by atoms with Gasteiger partial charge in [-0.3, -0.25) is 9.59 Å². The minimum Gasteiger partial charge on any atom is -0.490 e. The molecule has 0 radical (unpaired) electrons. The van der Waals surface area contributed by atoms with E-state index < -0.39 is 0 Å². The van der Waals surface area contributed by atoms with Gasteiger partial charge >= 0.3 is 0 Å². The van der Waals surface area contributed by atoms with Gasteiger partial charge in [-0.1, -0.05) is 11.6 Å². The molecule has 1 saturated carbocycles. The van der Waals surface area contributed by atoms with Crippen LogP contribution in [0.2, 0.25) is 5.02 Å². The minimum atomic E-state index is -0.235. The largest absolute Gasteiger partial charge is 0.490 e. The van der Waals surface area contributed by atoms with Gasteiger partial charge in [-0.25, -0.2) is 0 Å². The normalized spacial score (nSPS) is 21.0. The van der Waals surface area contributed by atoms with Crippen molar-refractivity contribution in [2.75, 3.05) is 18.0 Å². The van der Waals surface area contributed by atoms with E-state index in [1.54, 1.807) is 30.3 Å². The van der Waals surface area contributed by atoms with Crippen LogP contribution in [0.25, 0.3) is 0 Å². The lowest BCUT2D eigenvalue weighted by atomic mass is 9.93. The van der Waals surface area contributed by atoms with E-state index in [1.165, 1.54) is 0 Å². The van der Waals surface area contributed by atoms with E-state index in [9.17, 15) is 9.59 Å². The van der Waals surface area contributed by atoms with E-state index in [-0.39, 0.29) is 29.5 Å². The molecule has 0 bridgehead atoms. The number of ketones is 1. The molecule has 2 aliphatic rings. The van der Waals surface area contributed by atoms with Gasteiger partial charge in [0.25, 0.3) is 5.91 Å². The molecule has 2 heterocycles. The van der Waals surface area contributed by atoms with Crippen LogP contribution in [0.3, 0.4) is 0 Å². The maximum absolute atomic E-state index is 12.6. The maximum Gasteiger partial charge on any atom is 0.272 e. The zero-order valence-electron chi connectivity index (χ0n) is 17.6. The van der Waals surface area contributed by atoms with E-state index >= 15 is 0 Å². The van der Waals surface area contributed by atoms with Gasteiger partial charge in [0.05, 0.1) is 16.7 Å². The Balaban J connectivity index is 1.25. The lowest BCUT2D eigenvalue weighted by molar-refractivity contribution is -0.119. The summed E-state index contributed by atoms with van der Waals surface area (Å²) in [6.45, 7) is 1.28. The zero-order chi connectivity index (χ0) is 22.5. The van der Waals surface area contributed by atoms with Crippen molar-refractivity contribution in [2.24, 2.45) is 0 Å². The van der Waals surface area contributed by atoms with Crippen molar-refractivity contribution in [2.45, 2.75) is 50.7 Å². The summed E-state index contributed by atoms with van der Waals surface area (Å²) < 4.78 is 6.00. The fraction of sp³-hybridized carbons (Fsp3) is 0.435. The van der Waals surface area contributed by atoms with Crippen molar-refractivity contribution in [3.05, 3.63) is 46.6 Å². The smallest absolute Gasteiger partial charge is 0.272 e. The summed E-state index contributed by atoms with van der Waals surface area (Å²) in [5, 5.41) is 20.6. The highest BCUT2D eigenvalue weighted by atomic mass is 35.5. The Morgan fingerprint density at radius 1 is 1.12 bits per heavy atom. The molecule has 1 N–H and O–H groups in total. The first kappa shape index (κ1) is 22.0. The second kappa shape index (κ2) is 9.96. The van der Waals surface area contributed by atoms with Gasteiger partial charge in [-0.05, 0) is 49.9 Å². The van der Waals surface area contributed by atoms with Gasteiger partial charge in [0.1, 0.15) is 17.6 Å². The first-order chi connectivity index (χ1) is 15.5. The molecule has 0 spiro atoms. The third-order valence-corrected chi connectivity index (χ3v) is 6.21. The summed E-state index contributed by atoms with van der Waals surface area (Å²) in [5.74, 6) is 1.37. The molecular weight excluding hydrogens is 430 g/mol. The molecule has 166 valence electrons. The standard InChI is InChI=1S/C23H24ClN5O3/c24-20-13-19(4-1-15(20)14-25)32-18-5-2-16(3-6-18)26-23(31)21-7-8-22(28-27-21)29-11-9-17(30)10-12-29/h1,4,7-8,13,16,18H,2-3,5-6,9-12H2,(H,26,31). The van der Waals surface area contributed by atoms with Crippen LogP contribution in [0.4, 0.5) is 5.82 Å². The molecule has 8 nitrogen and oxygen atoms in total. The number of benzene rings is 1. The molecule has 2 fully saturated rings. The summed E-state index contributed by atoms with van der Waals surface area (Å²) in [7, 11) is 0. The van der Waals surface area contributed by atoms with Crippen LogP contribution < -0.4 is 15.0 Å². The molecule has 9 heteroatoms. The van der Waals surface area contributed by atoms with Crippen molar-refractivity contribution in [1.82, 2.24) is 15.5 Å². The number of ether oxygens (including phenoxy) is 1. The number of aromatic nitrogens is 2. The SMILES string of the molecule is N#Cc1ccc(OC2CCC(NC(=O)c3ccc(N4CCC(=O)CC4)nn3)CC2)cc1Cl. The number of rotatable bonds is 5. The topological polar surface area (TPSA) is 108 Å². The molecule has 32 heavy (non-hydrogen) atoms. The molecule has 1 aromatic carbocycles. The summed E-state index contributed by atoms with van der Waals surface area (Å²) >= 11 is 6.07. The third-order valence-electron chi connectivity index (χ3n) is 5.90. The van der Waals surface area contributed by atoms with Gasteiger partial charge in [-0.2, -0.15) is 5.26 Å². The Kier molecular flexibility index (Phi) is 6.86. The summed E-state index contributed by atoms with van der Waals surface area (Å²) in [6, 6.07) is 10.6. The zero-order valence-corrected chi connectivity index (χ0v) is 18.3. The number of nitrogens with zero attached hydrogens (tertiary/aromatic N) is 4. The van der Waals surface area contributed by atoms with E-state index in [1.807, 2.05) is 11.0 Å². The molecule has 2 aromatic rings. The van der Waals surface area contributed by atoms with Crippen LogP contribution in [-0.4, -0.2) is 47.1 Å². The number of hydrogen-bond acceptors (Lipinski definition) is 7. The van der Waals surface area contributed by atoms with E-state index in [4.69, 9.17) is 21.6 Å². The number of carbonyl (C=O) groups excluding carboxylic acids is 2. The first-order valence-corrected chi connectivity index (χ1v) is 11.2. The lowest BCUT2D eigenvalue weighted by Crippen LogP contribution is -2.40. The van der Waals surface area contributed by atoms with Crippen molar-refractivity contribution in [3.8, 4) is 11.8 Å². The van der Waals surface area contributed by atoms with E-state index in [0.717, 1.165) is 25.7 Å². The number of Topliss-reactive ketones (excluding diaryl/α,β-unsaturated/α-hetero) is 1. The highest BCUT2D eigenvalue weighted by molar-refractivity contribution is 6.31. The molecule has 0 unspecified atom stereocenters. The van der Waals surface area contributed by atoms with Crippen molar-refractivity contribution < 1.29 is 14.3 Å². The Bertz CT molecular complexity index is 1020. The van der Waals surface area contributed by atoms with Crippen LogP contribution in [-0.2, 0) is 4.79 Å². The average Bonchev–Trinajstić information content (AvgIpc) is 2.81. The van der Waals surface area contributed by atoms with Gasteiger partial charge in [0.15, 0.2) is 11.5 Å². The third kappa shape index (κ3) is 5.35. The minimum absolute atomic E-state index is 0.0441. The van der Waals surface area contributed by atoms with Crippen LogP contribution in [0.1, 0.15) is 54.6 Å². The number of nitrogens with one attached hydrogen (secondary N) is 1. The second-order valence-electron chi connectivity index (χ2n) is 8.12. The molecule has 4 rings (SSSR count). The Hall–Kier alpha value is -3.18. The molecule has 1 saturated heterocycles. The highest BCUT2D eigenvalue weighted by Gasteiger charge is 2.25. The predicted octanol–water partition coefficient (Wildman–Crippen LogP) is 3.29. The van der Waals surface area contributed by atoms with E-state index in [2.05, 4.69) is 15.5 Å². The van der Waals surface area contributed by atoms with E-state index in [0.29, 0.717) is 48.1 Å². The van der Waals surface area contributed by atoms with Gasteiger partial charge in [0.2, 0.25) is 0 Å². The van der Waals surface area contributed by atoms with Crippen LogP contribution in [0.15, 0.2) is 30.3 Å². The number of carbonyl (C=O) groups is 2. The van der Waals surface area contributed by atoms with Crippen molar-refractivity contribution >= 4 is 29.1 Å². The summed E-state index contributed by atoms with van der Waals surface area (Å²) in [6.07, 6.45) is 4.30. The van der Waals surface area contributed by atoms with Crippen LogP contribution >= 0.6 is 11.6 Å². The quantitative estimate of drug-likeness (QED) is 0.739. The Morgan fingerprint density at radius 2 is 1.88 bits per heavy atom. The van der Waals surface area contributed by atoms with Crippen LogP contribution in [0.5, 0.6) is 5.75 Å². The number of amides is 1. The number of piperidine rings is 1. The molecule has 1 amide bonds. The number of halogens is 1. The number of hydrogen-bond donors (Lipinski definition) is 1. The first-order valence-electron chi connectivity index (χ1n) is 10.8. The molecular formula is C23H24ClN5O3. The number of anilines is 1. The summed E-state index contributed by atoms with van der Waals surface area (Å²) in [5.41, 5.74) is 0.708. The molecule has 1 aromatic heterocycles. The highest BCUT2D eigenvalue weighted by Crippen LogP contribution is 2.27. The molecule has 0 atom stereocenters. The van der Waals surface area contributed by atoms with Gasteiger partial charge in [0, 0.05) is 38.0 Å². The second-order valence-corrected chi connectivity index (χ2v) is 8.53. The predicted molar refractivity (Wildman–Crippen MR) is 119 cm³/mol. The van der Waals surface area contributed by atoms with Gasteiger partial charge in [-0.15, -0.1) is 10.2 Å². The maximum atomic E-state index is 12.6. The molecule has 1 aliphatic carbocycles.